The number of carbonyl (C=O) groups is 1. The molecule has 2 aliphatic rings. The Balaban J connectivity index is 1.40. The van der Waals surface area contributed by atoms with Crippen LogP contribution in [-0.2, 0) is 11.3 Å². The lowest BCUT2D eigenvalue weighted by atomic mass is 10.1. The number of amides is 2. The Hall–Kier alpha value is -2.73. The van der Waals surface area contributed by atoms with Crippen molar-refractivity contribution in [2.45, 2.75) is 44.4 Å². The molecule has 1 aliphatic carbocycles. The van der Waals surface area contributed by atoms with E-state index in [4.69, 9.17) is 14.2 Å². The van der Waals surface area contributed by atoms with Gasteiger partial charge in [0.05, 0.1) is 26.4 Å². The molecule has 2 amide bonds. The fraction of sp³-hybridized carbons (Fsp3) is 0.458. The first-order chi connectivity index (χ1) is 14.7. The van der Waals surface area contributed by atoms with Gasteiger partial charge in [-0.3, -0.25) is 0 Å². The minimum absolute atomic E-state index is 0.0666. The molecule has 2 fully saturated rings. The minimum atomic E-state index is -0.182. The van der Waals surface area contributed by atoms with Gasteiger partial charge in [0.25, 0.3) is 0 Å². The van der Waals surface area contributed by atoms with Crippen molar-refractivity contribution in [3.63, 3.8) is 0 Å². The molecule has 0 bridgehead atoms. The first-order valence-corrected chi connectivity index (χ1v) is 10.8. The van der Waals surface area contributed by atoms with Crippen LogP contribution in [-0.4, -0.2) is 43.8 Å². The molecule has 1 unspecified atom stereocenters. The van der Waals surface area contributed by atoms with E-state index in [0.717, 1.165) is 35.5 Å². The zero-order valence-corrected chi connectivity index (χ0v) is 17.5. The largest absolute Gasteiger partial charge is 0.493 e. The molecular weight excluding hydrogens is 380 g/mol. The summed E-state index contributed by atoms with van der Waals surface area (Å²) in [6, 6.07) is 15.8. The van der Waals surface area contributed by atoms with Gasteiger partial charge >= 0.3 is 6.03 Å². The number of carbonyl (C=O) groups excluding carboxylic acids is 1. The number of hydrogen-bond acceptors (Lipinski definition) is 4. The zero-order valence-electron chi connectivity index (χ0n) is 17.5. The van der Waals surface area contributed by atoms with Crippen molar-refractivity contribution in [3.05, 3.63) is 59.7 Å². The van der Waals surface area contributed by atoms with Crippen molar-refractivity contribution in [2.24, 2.45) is 0 Å². The first kappa shape index (κ1) is 20.5. The molecule has 4 rings (SSSR count). The molecule has 1 aliphatic heterocycles. The lowest BCUT2D eigenvalue weighted by Gasteiger charge is -2.33. The molecule has 6 nitrogen and oxygen atoms in total. The SMILES string of the molecule is COc1ccc(C2CN(C(=O)NCc3ccccc3)CCO2)cc1OC1CCCC1. The Morgan fingerprint density at radius 2 is 1.93 bits per heavy atom. The van der Waals surface area contributed by atoms with E-state index in [9.17, 15) is 4.79 Å². The van der Waals surface area contributed by atoms with Crippen LogP contribution in [0, 0.1) is 0 Å². The van der Waals surface area contributed by atoms with E-state index in [2.05, 4.69) is 5.32 Å². The van der Waals surface area contributed by atoms with Crippen LogP contribution in [0.2, 0.25) is 0 Å². The van der Waals surface area contributed by atoms with Crippen LogP contribution in [0.1, 0.15) is 42.9 Å². The third-order valence-corrected chi connectivity index (χ3v) is 5.80. The van der Waals surface area contributed by atoms with E-state index in [1.165, 1.54) is 12.8 Å². The molecule has 0 spiro atoms. The first-order valence-electron chi connectivity index (χ1n) is 10.8. The molecule has 0 aromatic heterocycles. The molecule has 1 atom stereocenters. The van der Waals surface area contributed by atoms with Crippen LogP contribution in [0.3, 0.4) is 0 Å². The molecule has 1 saturated carbocycles. The molecule has 2 aromatic rings. The second-order valence-corrected chi connectivity index (χ2v) is 7.88. The Kier molecular flexibility index (Phi) is 6.74. The minimum Gasteiger partial charge on any atom is -0.493 e. The lowest BCUT2D eigenvalue weighted by molar-refractivity contribution is -0.0156. The van der Waals surface area contributed by atoms with Gasteiger partial charge in [0.1, 0.15) is 6.10 Å². The number of hydrogen-bond donors (Lipinski definition) is 1. The summed E-state index contributed by atoms with van der Waals surface area (Å²) in [4.78, 5) is 14.5. The van der Waals surface area contributed by atoms with Crippen molar-refractivity contribution in [3.8, 4) is 11.5 Å². The van der Waals surface area contributed by atoms with Crippen molar-refractivity contribution in [2.75, 3.05) is 26.8 Å². The average Bonchev–Trinajstić information content (AvgIpc) is 3.31. The summed E-state index contributed by atoms with van der Waals surface area (Å²) in [6.07, 6.45) is 4.67. The van der Waals surface area contributed by atoms with Crippen LogP contribution in [0.15, 0.2) is 48.5 Å². The van der Waals surface area contributed by atoms with Crippen molar-refractivity contribution >= 4 is 6.03 Å². The summed E-state index contributed by atoms with van der Waals surface area (Å²) >= 11 is 0. The number of ether oxygens (including phenoxy) is 3. The maximum absolute atomic E-state index is 12.7. The van der Waals surface area contributed by atoms with E-state index >= 15 is 0 Å². The van der Waals surface area contributed by atoms with E-state index < -0.39 is 0 Å². The summed E-state index contributed by atoms with van der Waals surface area (Å²) in [5.74, 6) is 1.50. The summed E-state index contributed by atoms with van der Waals surface area (Å²) < 4.78 is 17.7. The number of nitrogens with zero attached hydrogens (tertiary/aromatic N) is 1. The van der Waals surface area contributed by atoms with E-state index in [0.29, 0.717) is 26.2 Å². The molecular formula is C24H30N2O4. The Morgan fingerprint density at radius 1 is 1.13 bits per heavy atom. The normalized spacial score (nSPS) is 19.5. The van der Waals surface area contributed by atoms with Gasteiger partial charge in [0, 0.05) is 13.1 Å². The molecule has 160 valence electrons. The summed E-state index contributed by atoms with van der Waals surface area (Å²) in [6.45, 7) is 2.12. The highest BCUT2D eigenvalue weighted by molar-refractivity contribution is 5.74. The van der Waals surface area contributed by atoms with Gasteiger partial charge in [-0.2, -0.15) is 0 Å². The van der Waals surface area contributed by atoms with Crippen LogP contribution >= 0.6 is 0 Å². The molecule has 30 heavy (non-hydrogen) atoms. The molecule has 1 N–H and O–H groups in total. The lowest BCUT2D eigenvalue weighted by Crippen LogP contribution is -2.46. The van der Waals surface area contributed by atoms with Crippen LogP contribution in [0.5, 0.6) is 11.5 Å². The fourth-order valence-electron chi connectivity index (χ4n) is 4.09. The molecule has 1 saturated heterocycles. The Morgan fingerprint density at radius 3 is 2.70 bits per heavy atom. The average molecular weight is 411 g/mol. The smallest absolute Gasteiger partial charge is 0.317 e. The van der Waals surface area contributed by atoms with Gasteiger partial charge in [-0.15, -0.1) is 0 Å². The fourth-order valence-corrected chi connectivity index (χ4v) is 4.09. The number of urea groups is 1. The highest BCUT2D eigenvalue weighted by Crippen LogP contribution is 2.35. The van der Waals surface area contributed by atoms with Crippen molar-refractivity contribution < 1.29 is 19.0 Å². The molecule has 2 aromatic carbocycles. The van der Waals surface area contributed by atoms with Crippen molar-refractivity contribution in [1.29, 1.82) is 0 Å². The van der Waals surface area contributed by atoms with E-state index in [-0.39, 0.29) is 18.2 Å². The van der Waals surface area contributed by atoms with Gasteiger partial charge in [-0.05, 0) is 48.9 Å². The number of morpholine rings is 1. The quantitative estimate of drug-likeness (QED) is 0.771. The van der Waals surface area contributed by atoms with Gasteiger partial charge in [-0.25, -0.2) is 4.79 Å². The highest BCUT2D eigenvalue weighted by atomic mass is 16.5. The number of benzene rings is 2. The number of methoxy groups -OCH3 is 1. The molecule has 0 radical (unpaired) electrons. The third-order valence-electron chi connectivity index (χ3n) is 5.80. The summed E-state index contributed by atoms with van der Waals surface area (Å²) in [5.41, 5.74) is 2.09. The monoisotopic (exact) mass is 410 g/mol. The van der Waals surface area contributed by atoms with Gasteiger partial charge < -0.3 is 24.4 Å². The van der Waals surface area contributed by atoms with Crippen LogP contribution in [0.4, 0.5) is 4.79 Å². The van der Waals surface area contributed by atoms with Crippen LogP contribution in [0.25, 0.3) is 0 Å². The maximum atomic E-state index is 12.7. The summed E-state index contributed by atoms with van der Waals surface area (Å²) in [7, 11) is 1.66. The molecule has 6 heteroatoms. The number of rotatable bonds is 6. The van der Waals surface area contributed by atoms with E-state index in [1.54, 1.807) is 7.11 Å². The topological polar surface area (TPSA) is 60.0 Å². The summed E-state index contributed by atoms with van der Waals surface area (Å²) in [5, 5.41) is 3.01. The van der Waals surface area contributed by atoms with Gasteiger partial charge in [-0.1, -0.05) is 36.4 Å². The maximum Gasteiger partial charge on any atom is 0.317 e. The van der Waals surface area contributed by atoms with Gasteiger partial charge in [0.2, 0.25) is 0 Å². The second-order valence-electron chi connectivity index (χ2n) is 7.88. The second kappa shape index (κ2) is 9.85. The zero-order chi connectivity index (χ0) is 20.8. The van der Waals surface area contributed by atoms with Crippen LogP contribution < -0.4 is 14.8 Å². The third kappa shape index (κ3) is 5.05. The van der Waals surface area contributed by atoms with E-state index in [1.807, 2.05) is 53.4 Å². The number of nitrogens with one attached hydrogen (secondary N) is 1. The predicted molar refractivity (Wildman–Crippen MR) is 115 cm³/mol. The highest BCUT2D eigenvalue weighted by Gasteiger charge is 2.27. The molecule has 1 heterocycles. The Bertz CT molecular complexity index is 836. The van der Waals surface area contributed by atoms with Gasteiger partial charge in [0.15, 0.2) is 11.5 Å². The van der Waals surface area contributed by atoms with Crippen molar-refractivity contribution in [1.82, 2.24) is 10.2 Å². The Labute approximate surface area is 178 Å². The standard InChI is InChI=1S/C24H30N2O4/c1-28-21-12-11-19(15-22(21)30-20-9-5-6-10-20)23-17-26(13-14-29-23)24(27)25-16-18-7-3-2-4-8-18/h2-4,7-8,11-12,15,20,23H,5-6,9-10,13-14,16-17H2,1H3,(H,25,27). The predicted octanol–water partition coefficient (Wildman–Crippen LogP) is 4.30.